The Hall–Kier alpha value is -1.92. The second-order valence-corrected chi connectivity index (χ2v) is 8.87. The molecule has 6 heteroatoms. The maximum Gasteiger partial charge on any atom is 0.272 e. The van der Waals surface area contributed by atoms with Gasteiger partial charge < -0.3 is 10.1 Å². The summed E-state index contributed by atoms with van der Waals surface area (Å²) in [4.78, 5) is 15.8. The third-order valence-electron chi connectivity index (χ3n) is 6.62. The summed E-state index contributed by atoms with van der Waals surface area (Å²) in [6.07, 6.45) is 7.80. The van der Waals surface area contributed by atoms with Gasteiger partial charge >= 0.3 is 0 Å². The van der Waals surface area contributed by atoms with Crippen molar-refractivity contribution in [2.75, 3.05) is 19.8 Å². The second kappa shape index (κ2) is 9.92. The zero-order chi connectivity index (χ0) is 20.9. The number of benzene rings is 1. The fraction of sp³-hybridized carbons (Fsp3) is 0.667. The topological polar surface area (TPSA) is 59.4 Å². The van der Waals surface area contributed by atoms with Gasteiger partial charge in [0, 0.05) is 30.1 Å². The van der Waals surface area contributed by atoms with Gasteiger partial charge in [-0.3, -0.25) is 14.4 Å². The Morgan fingerprint density at radius 1 is 1.07 bits per heavy atom. The summed E-state index contributed by atoms with van der Waals surface area (Å²) in [7, 11) is 0. The first kappa shape index (κ1) is 21.3. The number of hydrogen-bond acceptors (Lipinski definition) is 4. The number of para-hydroxylation sites is 1. The van der Waals surface area contributed by atoms with E-state index < -0.39 is 0 Å². The number of piperidine rings is 1. The van der Waals surface area contributed by atoms with Crippen molar-refractivity contribution >= 4 is 16.8 Å². The van der Waals surface area contributed by atoms with Crippen molar-refractivity contribution in [1.82, 2.24) is 20.0 Å². The predicted octanol–water partition coefficient (Wildman–Crippen LogP) is 3.99. The summed E-state index contributed by atoms with van der Waals surface area (Å²) in [5, 5.41) is 8.99. The lowest BCUT2D eigenvalue weighted by molar-refractivity contribution is -0.0802. The molecule has 30 heavy (non-hydrogen) atoms. The molecular weight excluding hydrogens is 376 g/mol. The van der Waals surface area contributed by atoms with E-state index >= 15 is 0 Å². The molecule has 1 N–H and O–H groups in total. The Kier molecular flexibility index (Phi) is 7.05. The molecule has 2 saturated heterocycles. The monoisotopic (exact) mass is 412 g/mol. The van der Waals surface area contributed by atoms with Crippen LogP contribution in [0.3, 0.4) is 0 Å². The lowest BCUT2D eigenvalue weighted by atomic mass is 9.89. The van der Waals surface area contributed by atoms with Crippen LogP contribution in [0, 0.1) is 0 Å². The van der Waals surface area contributed by atoms with Crippen molar-refractivity contribution in [3.8, 4) is 0 Å². The Labute approximate surface area is 179 Å². The van der Waals surface area contributed by atoms with Crippen molar-refractivity contribution < 1.29 is 9.53 Å². The van der Waals surface area contributed by atoms with Crippen molar-refractivity contribution in [3.05, 3.63) is 30.0 Å². The number of hydrogen-bond donors (Lipinski definition) is 1. The summed E-state index contributed by atoms with van der Waals surface area (Å²) in [5.74, 6) is -0.0357. The molecule has 0 aliphatic carbocycles. The molecule has 2 unspecified atom stereocenters. The van der Waals surface area contributed by atoms with E-state index in [-0.39, 0.29) is 11.9 Å². The first-order valence-electron chi connectivity index (χ1n) is 11.8. The van der Waals surface area contributed by atoms with Crippen molar-refractivity contribution in [3.63, 3.8) is 0 Å². The van der Waals surface area contributed by atoms with Crippen LogP contribution in [0.1, 0.15) is 69.3 Å². The summed E-state index contributed by atoms with van der Waals surface area (Å²) in [6, 6.07) is 9.12. The minimum atomic E-state index is -0.0357. The third-order valence-corrected chi connectivity index (χ3v) is 6.62. The highest BCUT2D eigenvalue weighted by Gasteiger charge is 2.39. The van der Waals surface area contributed by atoms with E-state index in [4.69, 9.17) is 9.84 Å². The number of nitrogens with one attached hydrogen (secondary N) is 1. The highest BCUT2D eigenvalue weighted by Crippen LogP contribution is 2.29. The number of morpholine rings is 1. The zero-order valence-electron chi connectivity index (χ0n) is 18.5. The molecule has 0 radical (unpaired) electrons. The fourth-order valence-electron chi connectivity index (χ4n) is 5.04. The molecule has 164 valence electrons. The number of fused-ring (bicyclic) bond motifs is 3. The number of aromatic nitrogens is 2. The van der Waals surface area contributed by atoms with Gasteiger partial charge in [-0.2, -0.15) is 5.10 Å². The molecular formula is C24H36N4O2. The van der Waals surface area contributed by atoms with Crippen LogP contribution < -0.4 is 5.32 Å². The Morgan fingerprint density at radius 3 is 2.53 bits per heavy atom. The summed E-state index contributed by atoms with van der Waals surface area (Å²) in [6.45, 7) is 8.00. The maximum atomic E-state index is 13.2. The molecule has 1 aromatic heterocycles. The highest BCUT2D eigenvalue weighted by molar-refractivity contribution is 6.05. The highest BCUT2D eigenvalue weighted by atomic mass is 16.5. The molecule has 2 aromatic rings. The number of carbonyl (C=O) groups is 1. The van der Waals surface area contributed by atoms with Crippen LogP contribution in [0.15, 0.2) is 24.3 Å². The maximum absolute atomic E-state index is 13.2. The van der Waals surface area contributed by atoms with Gasteiger partial charge in [0.25, 0.3) is 5.91 Å². The van der Waals surface area contributed by atoms with Crippen LogP contribution in [-0.2, 0) is 11.3 Å². The number of ether oxygens (including phenoxy) is 1. The van der Waals surface area contributed by atoms with Crippen LogP contribution in [0.5, 0.6) is 0 Å². The summed E-state index contributed by atoms with van der Waals surface area (Å²) >= 11 is 0. The average Bonchev–Trinajstić information content (AvgIpc) is 3.11. The van der Waals surface area contributed by atoms with Gasteiger partial charge in [-0.25, -0.2) is 0 Å². The van der Waals surface area contributed by atoms with E-state index in [0.717, 1.165) is 56.5 Å². The van der Waals surface area contributed by atoms with Gasteiger partial charge in [-0.15, -0.1) is 0 Å². The van der Waals surface area contributed by atoms with E-state index in [0.29, 0.717) is 17.8 Å². The molecule has 2 bridgehead atoms. The number of unbranched alkanes of at least 4 members (excludes halogenated alkanes) is 3. The molecule has 6 nitrogen and oxygen atoms in total. The Bertz CT molecular complexity index is 835. The predicted molar refractivity (Wildman–Crippen MR) is 120 cm³/mol. The minimum absolute atomic E-state index is 0.0357. The number of aryl methyl sites for hydroxylation is 1. The third kappa shape index (κ3) is 4.54. The van der Waals surface area contributed by atoms with Crippen molar-refractivity contribution in [2.45, 2.75) is 83.5 Å². The molecule has 1 amide bonds. The van der Waals surface area contributed by atoms with Gasteiger partial charge in [0.15, 0.2) is 5.69 Å². The van der Waals surface area contributed by atoms with Crippen LogP contribution in [0.25, 0.3) is 10.9 Å². The van der Waals surface area contributed by atoms with E-state index in [9.17, 15) is 4.79 Å². The van der Waals surface area contributed by atoms with E-state index in [1.165, 1.54) is 25.7 Å². The van der Waals surface area contributed by atoms with Gasteiger partial charge in [0.05, 0.1) is 18.7 Å². The van der Waals surface area contributed by atoms with E-state index in [2.05, 4.69) is 30.1 Å². The first-order chi connectivity index (χ1) is 14.7. The SMILES string of the molecule is CCCCCn1nc(C(=O)NC2CC3COCC(C2)N3CCCC)c2ccccc21. The van der Waals surface area contributed by atoms with Crippen LogP contribution in [0.2, 0.25) is 0 Å². The number of amides is 1. The quantitative estimate of drug-likeness (QED) is 0.633. The number of nitrogens with zero attached hydrogens (tertiary/aromatic N) is 3. The van der Waals surface area contributed by atoms with Crippen molar-refractivity contribution in [2.24, 2.45) is 0 Å². The molecule has 2 aliphatic heterocycles. The fourth-order valence-corrected chi connectivity index (χ4v) is 5.04. The van der Waals surface area contributed by atoms with Crippen LogP contribution >= 0.6 is 0 Å². The van der Waals surface area contributed by atoms with Crippen molar-refractivity contribution in [1.29, 1.82) is 0 Å². The number of rotatable bonds is 9. The van der Waals surface area contributed by atoms with Crippen LogP contribution in [0.4, 0.5) is 0 Å². The molecule has 4 rings (SSSR count). The average molecular weight is 413 g/mol. The standard InChI is InChI=1S/C24H36N4O2/c1-3-5-9-13-28-22-11-8-7-10-21(22)23(26-28)24(29)25-18-14-19-16-30-17-20(15-18)27(19)12-6-4-2/h7-8,10-11,18-20H,3-6,9,12-17H2,1-2H3,(H,25,29). The molecule has 0 spiro atoms. The minimum Gasteiger partial charge on any atom is -0.378 e. The van der Waals surface area contributed by atoms with Gasteiger partial charge in [0.2, 0.25) is 0 Å². The molecule has 0 saturated carbocycles. The van der Waals surface area contributed by atoms with Gasteiger partial charge in [-0.05, 0) is 38.3 Å². The van der Waals surface area contributed by atoms with Crippen LogP contribution in [-0.4, -0.2) is 58.5 Å². The summed E-state index contributed by atoms with van der Waals surface area (Å²) < 4.78 is 7.83. The van der Waals surface area contributed by atoms with E-state index in [1.807, 2.05) is 22.9 Å². The van der Waals surface area contributed by atoms with Gasteiger partial charge in [0.1, 0.15) is 0 Å². The first-order valence-corrected chi connectivity index (χ1v) is 11.8. The molecule has 2 atom stereocenters. The number of carbonyl (C=O) groups excluding carboxylic acids is 1. The largest absolute Gasteiger partial charge is 0.378 e. The molecule has 2 aliphatic rings. The lowest BCUT2D eigenvalue weighted by Crippen LogP contribution is -2.60. The van der Waals surface area contributed by atoms with Gasteiger partial charge in [-0.1, -0.05) is 51.3 Å². The Morgan fingerprint density at radius 2 is 1.80 bits per heavy atom. The smallest absolute Gasteiger partial charge is 0.272 e. The lowest BCUT2D eigenvalue weighted by Gasteiger charge is -2.48. The normalized spacial score (nSPS) is 24.3. The zero-order valence-corrected chi connectivity index (χ0v) is 18.5. The summed E-state index contributed by atoms with van der Waals surface area (Å²) in [5.41, 5.74) is 1.62. The molecule has 2 fully saturated rings. The van der Waals surface area contributed by atoms with E-state index in [1.54, 1.807) is 0 Å². The Balaban J connectivity index is 1.46. The second-order valence-electron chi connectivity index (χ2n) is 8.87. The molecule has 1 aromatic carbocycles. The molecule has 3 heterocycles.